The second-order valence-corrected chi connectivity index (χ2v) is 4.08. The van der Waals surface area contributed by atoms with Gasteiger partial charge in [-0.15, -0.1) is 0 Å². The zero-order valence-corrected chi connectivity index (χ0v) is 11.1. The lowest BCUT2D eigenvalue weighted by atomic mass is 10.2. The van der Waals surface area contributed by atoms with E-state index in [0.717, 1.165) is 5.56 Å². The molecule has 5 nitrogen and oxygen atoms in total. The first-order chi connectivity index (χ1) is 9.70. The van der Waals surface area contributed by atoms with Crippen LogP contribution in [0.1, 0.15) is 21.6 Å². The van der Waals surface area contributed by atoms with Crippen molar-refractivity contribution in [2.24, 2.45) is 5.73 Å². The quantitative estimate of drug-likeness (QED) is 0.804. The lowest BCUT2D eigenvalue weighted by Gasteiger charge is -2.05. The summed E-state index contributed by atoms with van der Waals surface area (Å²) in [6.45, 7) is 2.16. The van der Waals surface area contributed by atoms with Crippen molar-refractivity contribution in [2.75, 3.05) is 11.9 Å². The number of aromatic nitrogens is 2. The third-order valence-electron chi connectivity index (χ3n) is 2.50. The van der Waals surface area contributed by atoms with Gasteiger partial charge in [-0.05, 0) is 30.7 Å². The molecule has 20 heavy (non-hydrogen) atoms. The van der Waals surface area contributed by atoms with Gasteiger partial charge in [-0.25, -0.2) is 9.97 Å². The molecule has 0 unspecified atom stereocenters. The number of carbonyl (C=O) groups is 1. The Hall–Kier alpha value is -2.71. The fourth-order valence-electron chi connectivity index (χ4n) is 1.55. The summed E-state index contributed by atoms with van der Waals surface area (Å²) < 4.78 is 0. The Balaban J connectivity index is 2.23. The number of pyridine rings is 2. The number of carbonyl (C=O) groups excluding carboxylic acids is 1. The first kappa shape index (κ1) is 13.7. The number of amides is 1. The van der Waals surface area contributed by atoms with E-state index in [2.05, 4.69) is 27.1 Å². The minimum atomic E-state index is -0.344. The van der Waals surface area contributed by atoms with Crippen LogP contribution in [-0.2, 0) is 0 Å². The fourth-order valence-corrected chi connectivity index (χ4v) is 1.55. The van der Waals surface area contributed by atoms with Crippen LogP contribution in [0.3, 0.4) is 0 Å². The van der Waals surface area contributed by atoms with Crippen LogP contribution in [0.15, 0.2) is 36.7 Å². The lowest BCUT2D eigenvalue weighted by Crippen LogP contribution is -2.16. The normalized spacial score (nSPS) is 9.50. The Kier molecular flexibility index (Phi) is 4.43. The van der Waals surface area contributed by atoms with E-state index >= 15 is 0 Å². The van der Waals surface area contributed by atoms with Crippen molar-refractivity contribution in [1.29, 1.82) is 0 Å². The van der Waals surface area contributed by atoms with Crippen LogP contribution >= 0.6 is 0 Å². The Morgan fingerprint density at radius 1 is 1.35 bits per heavy atom. The molecule has 2 aromatic rings. The van der Waals surface area contributed by atoms with Gasteiger partial charge in [0.1, 0.15) is 11.5 Å². The summed E-state index contributed by atoms with van der Waals surface area (Å²) in [7, 11) is 0. The minimum Gasteiger partial charge on any atom is -0.320 e. The van der Waals surface area contributed by atoms with Crippen LogP contribution in [0.25, 0.3) is 0 Å². The van der Waals surface area contributed by atoms with Crippen LogP contribution < -0.4 is 11.1 Å². The second kappa shape index (κ2) is 6.45. The molecule has 0 fully saturated rings. The Morgan fingerprint density at radius 3 is 2.90 bits per heavy atom. The highest BCUT2D eigenvalue weighted by molar-refractivity contribution is 6.04. The molecule has 0 aliphatic rings. The van der Waals surface area contributed by atoms with Crippen molar-refractivity contribution < 1.29 is 4.79 Å². The van der Waals surface area contributed by atoms with E-state index in [1.165, 1.54) is 0 Å². The van der Waals surface area contributed by atoms with E-state index < -0.39 is 0 Å². The summed E-state index contributed by atoms with van der Waals surface area (Å²) in [6.07, 6.45) is 3.23. The third-order valence-corrected chi connectivity index (χ3v) is 2.50. The predicted octanol–water partition coefficient (Wildman–Crippen LogP) is 1.35. The molecule has 0 aliphatic carbocycles. The van der Waals surface area contributed by atoms with Gasteiger partial charge in [-0.3, -0.25) is 4.79 Å². The molecule has 0 saturated carbocycles. The van der Waals surface area contributed by atoms with Gasteiger partial charge in [-0.1, -0.05) is 17.9 Å². The van der Waals surface area contributed by atoms with Gasteiger partial charge in [0.05, 0.1) is 12.1 Å². The standard InChI is InChI=1S/C15H14N4O/c1-11-6-7-13(18-10-11)19-15(20)14-12(4-2-8-16)5-3-9-17-14/h3,5-7,9-10H,8,16H2,1H3,(H,18,19,20). The van der Waals surface area contributed by atoms with Crippen molar-refractivity contribution >= 4 is 11.7 Å². The van der Waals surface area contributed by atoms with Crippen LogP contribution in [0.5, 0.6) is 0 Å². The summed E-state index contributed by atoms with van der Waals surface area (Å²) in [5, 5.41) is 2.69. The van der Waals surface area contributed by atoms with Gasteiger partial charge < -0.3 is 11.1 Å². The number of hydrogen-bond donors (Lipinski definition) is 2. The molecule has 0 saturated heterocycles. The number of hydrogen-bond acceptors (Lipinski definition) is 4. The summed E-state index contributed by atoms with van der Waals surface area (Å²) in [5.74, 6) is 5.68. The molecule has 2 heterocycles. The SMILES string of the molecule is Cc1ccc(NC(=O)c2ncccc2C#CCN)nc1. The van der Waals surface area contributed by atoms with Crippen LogP contribution in [-0.4, -0.2) is 22.4 Å². The van der Waals surface area contributed by atoms with E-state index in [0.29, 0.717) is 11.4 Å². The Bertz CT molecular complexity index is 668. The molecule has 3 N–H and O–H groups in total. The van der Waals surface area contributed by atoms with Crippen molar-refractivity contribution in [2.45, 2.75) is 6.92 Å². The molecular formula is C15H14N4O. The van der Waals surface area contributed by atoms with E-state index in [4.69, 9.17) is 5.73 Å². The summed E-state index contributed by atoms with van der Waals surface area (Å²) >= 11 is 0. The van der Waals surface area contributed by atoms with Gasteiger partial charge in [0, 0.05) is 12.4 Å². The number of nitrogens with one attached hydrogen (secondary N) is 1. The van der Waals surface area contributed by atoms with E-state index in [1.54, 1.807) is 30.6 Å². The lowest BCUT2D eigenvalue weighted by molar-refractivity contribution is 0.102. The largest absolute Gasteiger partial charge is 0.320 e. The summed E-state index contributed by atoms with van der Waals surface area (Å²) in [5.41, 5.74) is 7.16. The highest BCUT2D eigenvalue weighted by Gasteiger charge is 2.12. The van der Waals surface area contributed by atoms with Crippen LogP contribution in [0, 0.1) is 18.8 Å². The maximum absolute atomic E-state index is 12.2. The number of anilines is 1. The number of nitrogens with zero attached hydrogens (tertiary/aromatic N) is 2. The molecule has 0 atom stereocenters. The molecule has 0 spiro atoms. The van der Waals surface area contributed by atoms with Crippen molar-refractivity contribution in [1.82, 2.24) is 9.97 Å². The molecule has 5 heteroatoms. The van der Waals surface area contributed by atoms with Gasteiger partial charge in [0.15, 0.2) is 0 Å². The number of rotatable bonds is 2. The molecule has 0 aromatic carbocycles. The van der Waals surface area contributed by atoms with Crippen LogP contribution in [0.2, 0.25) is 0 Å². The third kappa shape index (κ3) is 3.40. The van der Waals surface area contributed by atoms with Gasteiger partial charge in [0.2, 0.25) is 0 Å². The highest BCUT2D eigenvalue weighted by Crippen LogP contribution is 2.09. The molecule has 0 radical (unpaired) electrons. The maximum atomic E-state index is 12.2. The first-order valence-corrected chi connectivity index (χ1v) is 6.08. The predicted molar refractivity (Wildman–Crippen MR) is 77.1 cm³/mol. The maximum Gasteiger partial charge on any atom is 0.276 e. The smallest absolute Gasteiger partial charge is 0.276 e. The summed E-state index contributed by atoms with van der Waals surface area (Å²) in [6, 6.07) is 7.06. The average Bonchev–Trinajstić information content (AvgIpc) is 2.47. The van der Waals surface area contributed by atoms with E-state index in [-0.39, 0.29) is 18.1 Å². The van der Waals surface area contributed by atoms with Crippen molar-refractivity contribution in [3.63, 3.8) is 0 Å². The number of nitrogens with two attached hydrogens (primary N) is 1. The average molecular weight is 266 g/mol. The van der Waals surface area contributed by atoms with Gasteiger partial charge in [-0.2, -0.15) is 0 Å². The van der Waals surface area contributed by atoms with E-state index in [9.17, 15) is 4.79 Å². The molecule has 1 amide bonds. The first-order valence-electron chi connectivity index (χ1n) is 6.08. The molecule has 0 aliphatic heterocycles. The Morgan fingerprint density at radius 2 is 2.20 bits per heavy atom. The monoisotopic (exact) mass is 266 g/mol. The fraction of sp³-hybridized carbons (Fsp3) is 0.133. The van der Waals surface area contributed by atoms with Gasteiger partial charge in [0.25, 0.3) is 5.91 Å². The Labute approximate surface area is 117 Å². The van der Waals surface area contributed by atoms with Gasteiger partial charge >= 0.3 is 0 Å². The molecule has 2 aromatic heterocycles. The second-order valence-electron chi connectivity index (χ2n) is 4.08. The van der Waals surface area contributed by atoms with Crippen LogP contribution in [0.4, 0.5) is 5.82 Å². The van der Waals surface area contributed by atoms with Crippen molar-refractivity contribution in [3.8, 4) is 11.8 Å². The molecule has 0 bridgehead atoms. The molecule has 2 rings (SSSR count). The molecular weight excluding hydrogens is 252 g/mol. The highest BCUT2D eigenvalue weighted by atomic mass is 16.1. The minimum absolute atomic E-state index is 0.232. The number of aryl methyl sites for hydroxylation is 1. The van der Waals surface area contributed by atoms with E-state index in [1.807, 2.05) is 13.0 Å². The molecule has 100 valence electrons. The topological polar surface area (TPSA) is 80.9 Å². The summed E-state index contributed by atoms with van der Waals surface area (Å²) in [4.78, 5) is 20.4. The zero-order valence-electron chi connectivity index (χ0n) is 11.1. The zero-order chi connectivity index (χ0) is 14.4. The van der Waals surface area contributed by atoms with Crippen molar-refractivity contribution in [3.05, 3.63) is 53.5 Å².